The molecule has 1 aromatic rings. The Bertz CT molecular complexity index is 198. The quantitative estimate of drug-likeness (QED) is 0.553. The van der Waals surface area contributed by atoms with E-state index < -0.39 is 0 Å². The number of hydrogen-bond donors (Lipinski definition) is 0. The maximum atomic E-state index is 4.88. The molecule has 0 aliphatic rings. The van der Waals surface area contributed by atoms with E-state index in [1.165, 1.54) is 6.20 Å². The van der Waals surface area contributed by atoms with Crippen molar-refractivity contribution in [3.05, 3.63) is 23.9 Å². The molecule has 0 amide bonds. The Morgan fingerprint density at radius 3 is 2.89 bits per heavy atom. The van der Waals surface area contributed by atoms with E-state index >= 15 is 0 Å². The lowest BCUT2D eigenvalue weighted by atomic mass is 10.4. The normalized spacial score (nSPS) is 8.22. The fraction of sp³-hybridized carbons (Fsp3) is 0.286. The third-order valence-corrected chi connectivity index (χ3v) is 1.02. The summed E-state index contributed by atoms with van der Waals surface area (Å²) < 4.78 is 4.88. The minimum absolute atomic E-state index is 0.619. The average Bonchev–Trinajstić information content (AvgIpc) is 1.89. The predicted octanol–water partition coefficient (Wildman–Crippen LogP) is 0.999. The standard InChI is InChI=1S/C7H7NO/c1-6-4-3-5-8-7(6)9-2/h5H,1-2H3. The van der Waals surface area contributed by atoms with Crippen LogP contribution in [0.15, 0.2) is 6.20 Å². The van der Waals surface area contributed by atoms with Gasteiger partial charge < -0.3 is 4.74 Å². The van der Waals surface area contributed by atoms with Crippen LogP contribution in [0.5, 0.6) is 5.88 Å². The molecular formula is C7H7NO. The average molecular weight is 121 g/mol. The van der Waals surface area contributed by atoms with Crippen LogP contribution in [0.25, 0.3) is 0 Å². The monoisotopic (exact) mass is 121 g/mol. The molecule has 0 aliphatic carbocycles. The molecule has 1 heterocycles. The summed E-state index contributed by atoms with van der Waals surface area (Å²) in [4.78, 5) is 3.89. The molecule has 0 saturated carbocycles. The van der Waals surface area contributed by atoms with E-state index in [-0.39, 0.29) is 0 Å². The van der Waals surface area contributed by atoms with Crippen molar-refractivity contribution in [3.63, 3.8) is 0 Å². The molecule has 0 atom stereocenters. The SMILES string of the molecule is COc1ncc#cc1C. The van der Waals surface area contributed by atoms with E-state index in [0.29, 0.717) is 5.88 Å². The van der Waals surface area contributed by atoms with Gasteiger partial charge in [0, 0.05) is 0 Å². The van der Waals surface area contributed by atoms with Crippen molar-refractivity contribution in [2.45, 2.75) is 6.92 Å². The molecule has 1 aromatic heterocycles. The fourth-order valence-electron chi connectivity index (χ4n) is 0.588. The molecule has 2 heteroatoms. The molecule has 9 heavy (non-hydrogen) atoms. The summed E-state index contributed by atoms with van der Waals surface area (Å²) in [6, 6.07) is 5.56. The van der Waals surface area contributed by atoms with Gasteiger partial charge >= 0.3 is 0 Å². The molecule has 0 N–H and O–H groups in total. The Labute approximate surface area is 54.5 Å². The summed E-state index contributed by atoms with van der Waals surface area (Å²) in [7, 11) is 1.59. The Kier molecular flexibility index (Phi) is 1.55. The van der Waals surface area contributed by atoms with Gasteiger partial charge in [0.2, 0.25) is 5.88 Å². The summed E-state index contributed by atoms with van der Waals surface area (Å²) in [6.07, 6.45) is 1.53. The minimum atomic E-state index is 0.619. The van der Waals surface area contributed by atoms with Gasteiger partial charge in [-0.25, -0.2) is 4.98 Å². The van der Waals surface area contributed by atoms with Gasteiger partial charge in [-0.2, -0.15) is 0 Å². The first-order valence-electron chi connectivity index (χ1n) is 2.63. The first-order valence-corrected chi connectivity index (χ1v) is 2.63. The maximum Gasteiger partial charge on any atom is 0.225 e. The summed E-state index contributed by atoms with van der Waals surface area (Å²) in [6.45, 7) is 1.88. The van der Waals surface area contributed by atoms with Crippen LogP contribution in [0.4, 0.5) is 0 Å². The van der Waals surface area contributed by atoms with Crippen molar-refractivity contribution in [3.8, 4) is 5.88 Å². The zero-order valence-corrected chi connectivity index (χ0v) is 5.43. The van der Waals surface area contributed by atoms with E-state index in [1.807, 2.05) is 6.92 Å². The Hall–Kier alpha value is -1.23. The largest absolute Gasteiger partial charge is 0.480 e. The van der Waals surface area contributed by atoms with Gasteiger partial charge in [0.05, 0.1) is 18.9 Å². The molecule has 0 aromatic carbocycles. The van der Waals surface area contributed by atoms with E-state index in [9.17, 15) is 0 Å². The van der Waals surface area contributed by atoms with Crippen molar-refractivity contribution in [1.82, 2.24) is 4.98 Å². The van der Waals surface area contributed by atoms with E-state index in [1.54, 1.807) is 7.11 Å². The second-order valence-electron chi connectivity index (χ2n) is 1.66. The molecule has 0 radical (unpaired) electrons. The molecule has 0 spiro atoms. The Morgan fingerprint density at radius 2 is 2.44 bits per heavy atom. The van der Waals surface area contributed by atoms with Crippen molar-refractivity contribution < 1.29 is 4.74 Å². The van der Waals surface area contributed by atoms with Crippen LogP contribution in [0, 0.1) is 19.1 Å². The highest BCUT2D eigenvalue weighted by Crippen LogP contribution is 2.06. The van der Waals surface area contributed by atoms with Crippen molar-refractivity contribution in [1.29, 1.82) is 0 Å². The van der Waals surface area contributed by atoms with Crippen LogP contribution in [-0.4, -0.2) is 12.1 Å². The van der Waals surface area contributed by atoms with Gasteiger partial charge in [0.1, 0.15) is 0 Å². The highest BCUT2D eigenvalue weighted by atomic mass is 16.5. The van der Waals surface area contributed by atoms with Gasteiger partial charge in [-0.15, -0.1) is 0 Å². The van der Waals surface area contributed by atoms with Crippen LogP contribution in [0.2, 0.25) is 0 Å². The van der Waals surface area contributed by atoms with Gasteiger partial charge in [-0.1, -0.05) is 6.07 Å². The van der Waals surface area contributed by atoms with E-state index in [2.05, 4.69) is 17.1 Å². The minimum Gasteiger partial charge on any atom is -0.480 e. The molecule has 46 valence electrons. The van der Waals surface area contributed by atoms with Crippen LogP contribution in [0.3, 0.4) is 0 Å². The van der Waals surface area contributed by atoms with Crippen molar-refractivity contribution in [2.24, 2.45) is 0 Å². The smallest absolute Gasteiger partial charge is 0.225 e. The number of hydrogen-bond acceptors (Lipinski definition) is 2. The van der Waals surface area contributed by atoms with Crippen molar-refractivity contribution in [2.75, 3.05) is 7.11 Å². The predicted molar refractivity (Wildman–Crippen MR) is 33.2 cm³/mol. The highest BCUT2D eigenvalue weighted by molar-refractivity contribution is 5.18. The molecular weight excluding hydrogens is 114 g/mol. The summed E-state index contributed by atoms with van der Waals surface area (Å²) >= 11 is 0. The summed E-state index contributed by atoms with van der Waals surface area (Å²) in [5, 5.41) is 0. The lowest BCUT2D eigenvalue weighted by Crippen LogP contribution is -1.87. The zero-order valence-electron chi connectivity index (χ0n) is 5.43. The maximum absolute atomic E-state index is 4.88. The van der Waals surface area contributed by atoms with Gasteiger partial charge in [0.25, 0.3) is 0 Å². The lowest BCUT2D eigenvalue weighted by Gasteiger charge is -1.95. The van der Waals surface area contributed by atoms with Gasteiger partial charge in [0.15, 0.2) is 0 Å². The molecule has 1 rings (SSSR count). The molecule has 2 nitrogen and oxygen atoms in total. The zero-order chi connectivity index (χ0) is 6.69. The van der Waals surface area contributed by atoms with Crippen molar-refractivity contribution >= 4 is 0 Å². The molecule has 0 fully saturated rings. The van der Waals surface area contributed by atoms with Gasteiger partial charge in [-0.05, 0) is 13.0 Å². The molecule has 0 unspecified atom stereocenters. The third kappa shape index (κ3) is 1.11. The lowest BCUT2D eigenvalue weighted by molar-refractivity contribution is 0.395. The van der Waals surface area contributed by atoms with Crippen LogP contribution < -0.4 is 4.74 Å². The van der Waals surface area contributed by atoms with E-state index in [0.717, 1.165) is 5.56 Å². The second kappa shape index (κ2) is 2.36. The Balaban J connectivity index is 3.01. The van der Waals surface area contributed by atoms with Crippen LogP contribution in [-0.2, 0) is 0 Å². The summed E-state index contributed by atoms with van der Waals surface area (Å²) in [5.74, 6) is 0.619. The number of nitrogens with zero attached hydrogens (tertiary/aromatic N) is 1. The third-order valence-electron chi connectivity index (χ3n) is 1.02. The fourth-order valence-corrected chi connectivity index (χ4v) is 0.588. The topological polar surface area (TPSA) is 22.1 Å². The molecule has 0 aliphatic heterocycles. The van der Waals surface area contributed by atoms with Crippen LogP contribution in [0.1, 0.15) is 5.56 Å². The Morgan fingerprint density at radius 1 is 1.67 bits per heavy atom. The highest BCUT2D eigenvalue weighted by Gasteiger charge is 1.92. The summed E-state index contributed by atoms with van der Waals surface area (Å²) in [5.41, 5.74) is 0.889. The van der Waals surface area contributed by atoms with Gasteiger partial charge in [-0.3, -0.25) is 0 Å². The molecule has 0 bridgehead atoms. The number of rotatable bonds is 1. The number of methoxy groups -OCH3 is 1. The number of aromatic nitrogens is 1. The van der Waals surface area contributed by atoms with Crippen LogP contribution >= 0.6 is 0 Å². The second-order valence-corrected chi connectivity index (χ2v) is 1.66. The molecule has 0 saturated heterocycles. The first-order chi connectivity index (χ1) is 4.34. The number of ether oxygens (including phenoxy) is 1. The van der Waals surface area contributed by atoms with E-state index in [4.69, 9.17) is 4.74 Å². The first kappa shape index (κ1) is 5.90.